The molecule has 2 aliphatic rings. The predicted octanol–water partition coefficient (Wildman–Crippen LogP) is 4.36. The topological polar surface area (TPSA) is 84.9 Å². The van der Waals surface area contributed by atoms with E-state index in [1.165, 1.54) is 74.6 Å². The standard InChI is InChI=1S/C25H31FN2O5S2/c26-19-7-9-20(10-8-19)28(18-25(29)27-13-4-16-34-21-5-2-1-3-6-21)35(30,31)22-11-12-23-24(17-22)33-15-14-32-23/h7-12,17,21H,1-6,13-16,18H2,(H,27,29). The van der Waals surface area contributed by atoms with E-state index in [1.54, 1.807) is 0 Å². The fourth-order valence-electron chi connectivity index (χ4n) is 4.20. The Morgan fingerprint density at radius 1 is 1.03 bits per heavy atom. The fraction of sp³-hybridized carbons (Fsp3) is 0.480. The molecule has 0 bridgehead atoms. The summed E-state index contributed by atoms with van der Waals surface area (Å²) in [4.78, 5) is 12.7. The maximum Gasteiger partial charge on any atom is 0.264 e. The zero-order chi connectivity index (χ0) is 24.7. The molecule has 0 unspecified atom stereocenters. The van der Waals surface area contributed by atoms with Crippen LogP contribution in [0.2, 0.25) is 0 Å². The van der Waals surface area contributed by atoms with Gasteiger partial charge >= 0.3 is 0 Å². The summed E-state index contributed by atoms with van der Waals surface area (Å²) in [6.45, 7) is 0.762. The van der Waals surface area contributed by atoms with E-state index in [-0.39, 0.29) is 10.6 Å². The van der Waals surface area contributed by atoms with Gasteiger partial charge in [0.2, 0.25) is 5.91 Å². The summed E-state index contributed by atoms with van der Waals surface area (Å²) in [6, 6.07) is 9.37. The van der Waals surface area contributed by atoms with Gasteiger partial charge in [-0.15, -0.1) is 0 Å². The zero-order valence-corrected chi connectivity index (χ0v) is 21.2. The number of hydrogen-bond donors (Lipinski definition) is 1. The van der Waals surface area contributed by atoms with Gasteiger partial charge in [0.05, 0.1) is 10.6 Å². The Balaban J connectivity index is 1.42. The lowest BCUT2D eigenvalue weighted by Crippen LogP contribution is -2.41. The number of ether oxygens (including phenoxy) is 2. The highest BCUT2D eigenvalue weighted by atomic mass is 32.2. The Morgan fingerprint density at radius 3 is 2.49 bits per heavy atom. The first-order valence-electron chi connectivity index (χ1n) is 12.0. The van der Waals surface area contributed by atoms with E-state index < -0.39 is 28.3 Å². The molecule has 0 spiro atoms. The van der Waals surface area contributed by atoms with Crippen LogP contribution in [0.15, 0.2) is 47.4 Å². The van der Waals surface area contributed by atoms with Crippen molar-refractivity contribution in [2.45, 2.75) is 48.7 Å². The Morgan fingerprint density at radius 2 is 1.74 bits per heavy atom. The van der Waals surface area contributed by atoms with E-state index >= 15 is 0 Å². The Labute approximate surface area is 210 Å². The van der Waals surface area contributed by atoms with Crippen molar-refractivity contribution in [2.75, 3.05) is 36.4 Å². The van der Waals surface area contributed by atoms with Crippen molar-refractivity contribution >= 4 is 33.4 Å². The van der Waals surface area contributed by atoms with Gasteiger partial charge in [0.15, 0.2) is 11.5 Å². The quantitative estimate of drug-likeness (QED) is 0.467. The third-order valence-electron chi connectivity index (χ3n) is 6.05. The molecule has 4 rings (SSSR count). The Hall–Kier alpha value is -2.46. The Kier molecular flexibility index (Phi) is 8.78. The molecule has 0 aromatic heterocycles. The minimum Gasteiger partial charge on any atom is -0.486 e. The summed E-state index contributed by atoms with van der Waals surface area (Å²) < 4.78 is 52.6. The smallest absolute Gasteiger partial charge is 0.264 e. The Bertz CT molecular complexity index is 1110. The van der Waals surface area contributed by atoms with Gasteiger partial charge in [0, 0.05) is 17.9 Å². The maximum absolute atomic E-state index is 13.5. The minimum absolute atomic E-state index is 0.0391. The highest BCUT2D eigenvalue weighted by Crippen LogP contribution is 2.34. The molecule has 190 valence electrons. The second-order valence-electron chi connectivity index (χ2n) is 8.63. The number of sulfonamides is 1. The lowest BCUT2D eigenvalue weighted by Gasteiger charge is -2.25. The van der Waals surface area contributed by atoms with Crippen molar-refractivity contribution in [3.63, 3.8) is 0 Å². The normalized spacial score (nSPS) is 16.0. The fourth-order valence-corrected chi connectivity index (χ4v) is 6.95. The number of carbonyl (C=O) groups is 1. The molecule has 1 amide bonds. The van der Waals surface area contributed by atoms with Crippen molar-refractivity contribution in [1.29, 1.82) is 0 Å². The SMILES string of the molecule is O=C(CN(c1ccc(F)cc1)S(=O)(=O)c1ccc2c(c1)OCCO2)NCCCSC1CCCCC1. The van der Waals surface area contributed by atoms with Crippen molar-refractivity contribution in [3.05, 3.63) is 48.3 Å². The molecule has 7 nitrogen and oxygen atoms in total. The summed E-state index contributed by atoms with van der Waals surface area (Å²) in [7, 11) is -4.13. The molecule has 1 N–H and O–H groups in total. The van der Waals surface area contributed by atoms with Crippen LogP contribution in [-0.4, -0.2) is 51.6 Å². The number of amides is 1. The largest absolute Gasteiger partial charge is 0.486 e. The number of fused-ring (bicyclic) bond motifs is 1. The van der Waals surface area contributed by atoms with E-state index in [2.05, 4.69) is 5.32 Å². The third-order valence-corrected chi connectivity index (χ3v) is 9.29. The van der Waals surface area contributed by atoms with E-state index in [4.69, 9.17) is 9.47 Å². The summed E-state index contributed by atoms with van der Waals surface area (Å²) in [5.74, 6) is 0.842. The second kappa shape index (κ2) is 12.0. The molecule has 1 saturated carbocycles. The predicted molar refractivity (Wildman–Crippen MR) is 135 cm³/mol. The van der Waals surface area contributed by atoms with Gasteiger partial charge in [-0.2, -0.15) is 11.8 Å². The van der Waals surface area contributed by atoms with E-state index in [1.807, 2.05) is 11.8 Å². The number of benzene rings is 2. The van der Waals surface area contributed by atoms with Crippen LogP contribution in [-0.2, 0) is 14.8 Å². The van der Waals surface area contributed by atoms with E-state index in [0.29, 0.717) is 36.5 Å². The highest BCUT2D eigenvalue weighted by molar-refractivity contribution is 7.99. The first-order valence-corrected chi connectivity index (χ1v) is 14.5. The summed E-state index contributed by atoms with van der Waals surface area (Å²) in [5.41, 5.74) is 0.198. The van der Waals surface area contributed by atoms with Crippen LogP contribution in [0.5, 0.6) is 11.5 Å². The number of halogens is 1. The van der Waals surface area contributed by atoms with Crippen LogP contribution in [0, 0.1) is 5.82 Å². The maximum atomic E-state index is 13.5. The number of nitrogens with zero attached hydrogens (tertiary/aromatic N) is 1. The molecule has 2 aromatic rings. The molecule has 10 heteroatoms. The molecule has 0 atom stereocenters. The zero-order valence-electron chi connectivity index (χ0n) is 19.6. The number of rotatable bonds is 10. The monoisotopic (exact) mass is 522 g/mol. The molecule has 1 fully saturated rings. The van der Waals surface area contributed by atoms with Gasteiger partial charge in [-0.3, -0.25) is 9.10 Å². The van der Waals surface area contributed by atoms with Gasteiger partial charge in [-0.05, 0) is 61.4 Å². The minimum atomic E-state index is -4.13. The molecule has 1 aliphatic heterocycles. The number of anilines is 1. The number of thioether (sulfide) groups is 1. The van der Waals surface area contributed by atoms with Gasteiger partial charge in [0.25, 0.3) is 10.0 Å². The molecule has 0 saturated heterocycles. The summed E-state index contributed by atoms with van der Waals surface area (Å²) in [5, 5.41) is 3.54. The molecular weight excluding hydrogens is 491 g/mol. The number of carbonyl (C=O) groups excluding carboxylic acids is 1. The van der Waals surface area contributed by atoms with E-state index in [0.717, 1.165) is 16.5 Å². The average molecular weight is 523 g/mol. The van der Waals surface area contributed by atoms with Crippen molar-refractivity contribution in [2.24, 2.45) is 0 Å². The molecule has 2 aromatic carbocycles. The molecule has 35 heavy (non-hydrogen) atoms. The average Bonchev–Trinajstić information content (AvgIpc) is 2.88. The highest BCUT2D eigenvalue weighted by Gasteiger charge is 2.29. The van der Waals surface area contributed by atoms with Crippen LogP contribution in [0.25, 0.3) is 0 Å². The third kappa shape index (κ3) is 6.82. The number of nitrogens with one attached hydrogen (secondary N) is 1. The summed E-state index contributed by atoms with van der Waals surface area (Å²) >= 11 is 1.96. The van der Waals surface area contributed by atoms with Gasteiger partial charge in [-0.1, -0.05) is 19.3 Å². The first kappa shape index (κ1) is 25.6. The van der Waals surface area contributed by atoms with Crippen LogP contribution in [0.4, 0.5) is 10.1 Å². The second-order valence-corrected chi connectivity index (χ2v) is 11.9. The van der Waals surface area contributed by atoms with Crippen LogP contribution in [0.3, 0.4) is 0 Å². The van der Waals surface area contributed by atoms with Crippen LogP contribution in [0.1, 0.15) is 38.5 Å². The molecule has 0 radical (unpaired) electrons. The number of hydrogen-bond acceptors (Lipinski definition) is 6. The lowest BCUT2D eigenvalue weighted by atomic mass is 10.0. The molecular formula is C25H31FN2O5S2. The van der Waals surface area contributed by atoms with Crippen LogP contribution < -0.4 is 19.1 Å². The van der Waals surface area contributed by atoms with Gasteiger partial charge in [-0.25, -0.2) is 12.8 Å². The molecule has 1 aliphatic carbocycles. The van der Waals surface area contributed by atoms with Crippen molar-refractivity contribution in [1.82, 2.24) is 5.32 Å². The van der Waals surface area contributed by atoms with Crippen molar-refractivity contribution in [3.8, 4) is 11.5 Å². The first-order chi connectivity index (χ1) is 16.9. The summed E-state index contributed by atoms with van der Waals surface area (Å²) in [6.07, 6.45) is 7.27. The molecule has 1 heterocycles. The van der Waals surface area contributed by atoms with Crippen LogP contribution >= 0.6 is 11.8 Å². The van der Waals surface area contributed by atoms with Crippen molar-refractivity contribution < 1.29 is 27.1 Å². The van der Waals surface area contributed by atoms with Gasteiger partial charge in [0.1, 0.15) is 25.6 Å². The van der Waals surface area contributed by atoms with E-state index in [9.17, 15) is 17.6 Å². The lowest BCUT2D eigenvalue weighted by molar-refractivity contribution is -0.119. The van der Waals surface area contributed by atoms with Gasteiger partial charge < -0.3 is 14.8 Å².